The molecular weight excluding hydrogens is 195 g/mol. The minimum atomic E-state index is -0.283. The number of hydrogen-bond acceptors (Lipinski definition) is 3. The standard InChI is InChI=1S/C11H11FN2O/c1-6-3-7(2)11(12)8(4-6)9-5-10(13)15-14-9/h3-5H,13H2,1-2H3. The van der Waals surface area contributed by atoms with Crippen LogP contribution in [0.1, 0.15) is 11.1 Å². The van der Waals surface area contributed by atoms with Crippen LogP contribution in [-0.2, 0) is 0 Å². The van der Waals surface area contributed by atoms with Crippen LogP contribution in [0.5, 0.6) is 0 Å². The van der Waals surface area contributed by atoms with Gasteiger partial charge < -0.3 is 10.3 Å². The monoisotopic (exact) mass is 206 g/mol. The maximum atomic E-state index is 13.8. The van der Waals surface area contributed by atoms with Crippen molar-refractivity contribution < 1.29 is 8.91 Å². The molecule has 2 N–H and O–H groups in total. The Hall–Kier alpha value is -1.84. The zero-order chi connectivity index (χ0) is 11.0. The lowest BCUT2D eigenvalue weighted by Crippen LogP contribution is -1.90. The molecule has 1 heterocycles. The normalized spacial score (nSPS) is 10.6. The number of halogens is 1. The number of hydrogen-bond donors (Lipinski definition) is 1. The molecule has 0 aliphatic heterocycles. The molecule has 15 heavy (non-hydrogen) atoms. The molecule has 0 saturated carbocycles. The molecule has 4 heteroatoms. The van der Waals surface area contributed by atoms with Gasteiger partial charge in [-0.15, -0.1) is 0 Å². The fourth-order valence-electron chi connectivity index (χ4n) is 1.55. The molecule has 0 radical (unpaired) electrons. The average molecular weight is 206 g/mol. The van der Waals surface area contributed by atoms with Crippen LogP contribution in [0.4, 0.5) is 10.3 Å². The summed E-state index contributed by atoms with van der Waals surface area (Å²) >= 11 is 0. The second-order valence-electron chi connectivity index (χ2n) is 3.56. The van der Waals surface area contributed by atoms with E-state index in [1.165, 1.54) is 6.07 Å². The fourth-order valence-corrected chi connectivity index (χ4v) is 1.55. The Balaban J connectivity index is 2.62. The Morgan fingerprint density at radius 1 is 1.27 bits per heavy atom. The first-order chi connectivity index (χ1) is 7.08. The molecule has 0 unspecified atom stereocenters. The molecule has 0 spiro atoms. The highest BCUT2D eigenvalue weighted by Gasteiger charge is 2.12. The molecule has 0 saturated heterocycles. The van der Waals surface area contributed by atoms with E-state index in [4.69, 9.17) is 10.3 Å². The van der Waals surface area contributed by atoms with Gasteiger partial charge >= 0.3 is 0 Å². The maximum absolute atomic E-state index is 13.8. The minimum absolute atomic E-state index is 0.184. The molecule has 1 aromatic carbocycles. The predicted molar refractivity (Wildman–Crippen MR) is 55.8 cm³/mol. The van der Waals surface area contributed by atoms with Gasteiger partial charge in [0, 0.05) is 11.6 Å². The van der Waals surface area contributed by atoms with Crippen molar-refractivity contribution in [3.8, 4) is 11.3 Å². The van der Waals surface area contributed by atoms with E-state index in [9.17, 15) is 4.39 Å². The molecule has 2 aromatic rings. The van der Waals surface area contributed by atoms with Crippen molar-refractivity contribution >= 4 is 5.88 Å². The second kappa shape index (κ2) is 3.38. The van der Waals surface area contributed by atoms with Gasteiger partial charge in [-0.05, 0) is 31.0 Å². The van der Waals surface area contributed by atoms with E-state index in [0.717, 1.165) is 5.56 Å². The largest absolute Gasteiger partial charge is 0.368 e. The second-order valence-corrected chi connectivity index (χ2v) is 3.56. The summed E-state index contributed by atoms with van der Waals surface area (Å²) in [4.78, 5) is 0. The lowest BCUT2D eigenvalue weighted by Gasteiger charge is -2.03. The quantitative estimate of drug-likeness (QED) is 0.780. The van der Waals surface area contributed by atoms with Gasteiger partial charge in [0.05, 0.1) is 0 Å². The van der Waals surface area contributed by atoms with Crippen LogP contribution in [0.25, 0.3) is 11.3 Å². The number of aromatic nitrogens is 1. The van der Waals surface area contributed by atoms with Gasteiger partial charge in [-0.3, -0.25) is 0 Å². The van der Waals surface area contributed by atoms with Gasteiger partial charge in [0.1, 0.15) is 11.5 Å². The maximum Gasteiger partial charge on any atom is 0.222 e. The Morgan fingerprint density at radius 3 is 2.60 bits per heavy atom. The van der Waals surface area contributed by atoms with Gasteiger partial charge in [0.2, 0.25) is 5.88 Å². The molecule has 78 valence electrons. The highest BCUT2D eigenvalue weighted by molar-refractivity contribution is 5.63. The fraction of sp³-hybridized carbons (Fsp3) is 0.182. The number of nitrogens with zero attached hydrogens (tertiary/aromatic N) is 1. The van der Waals surface area contributed by atoms with Gasteiger partial charge in [-0.25, -0.2) is 4.39 Å². The van der Waals surface area contributed by atoms with Crippen molar-refractivity contribution in [2.24, 2.45) is 0 Å². The SMILES string of the molecule is Cc1cc(C)c(F)c(-c2cc(N)on2)c1. The van der Waals surface area contributed by atoms with Crippen LogP contribution in [0.3, 0.4) is 0 Å². The first-order valence-corrected chi connectivity index (χ1v) is 4.57. The number of nitrogens with two attached hydrogens (primary N) is 1. The summed E-state index contributed by atoms with van der Waals surface area (Å²) in [5.41, 5.74) is 7.81. The van der Waals surface area contributed by atoms with Gasteiger partial charge in [-0.1, -0.05) is 11.2 Å². The van der Waals surface area contributed by atoms with E-state index in [1.54, 1.807) is 19.1 Å². The van der Waals surface area contributed by atoms with Gasteiger partial charge in [-0.2, -0.15) is 0 Å². The molecule has 0 aliphatic carbocycles. The third-order valence-corrected chi connectivity index (χ3v) is 2.20. The van der Waals surface area contributed by atoms with Crippen LogP contribution in [0.15, 0.2) is 22.7 Å². The molecule has 0 atom stereocenters. The Bertz CT molecular complexity index is 505. The summed E-state index contributed by atoms with van der Waals surface area (Å²) < 4.78 is 18.5. The van der Waals surface area contributed by atoms with Gasteiger partial charge in [0.25, 0.3) is 0 Å². The minimum Gasteiger partial charge on any atom is -0.368 e. The van der Waals surface area contributed by atoms with Crippen LogP contribution in [0.2, 0.25) is 0 Å². The lowest BCUT2D eigenvalue weighted by molar-refractivity contribution is 0.438. The van der Waals surface area contributed by atoms with E-state index >= 15 is 0 Å². The predicted octanol–water partition coefficient (Wildman–Crippen LogP) is 2.68. The molecule has 3 nitrogen and oxygen atoms in total. The van der Waals surface area contributed by atoms with Crippen molar-refractivity contribution in [1.29, 1.82) is 0 Å². The third kappa shape index (κ3) is 1.70. The summed E-state index contributed by atoms with van der Waals surface area (Å²) in [7, 11) is 0. The highest BCUT2D eigenvalue weighted by Crippen LogP contribution is 2.26. The lowest BCUT2D eigenvalue weighted by atomic mass is 10.0. The van der Waals surface area contributed by atoms with E-state index in [1.807, 2.05) is 6.92 Å². The number of rotatable bonds is 1. The first kappa shape index (κ1) is 9.71. The van der Waals surface area contributed by atoms with Crippen LogP contribution in [-0.4, -0.2) is 5.16 Å². The molecule has 0 bridgehead atoms. The molecule has 0 amide bonds. The summed E-state index contributed by atoms with van der Waals surface area (Å²) in [6, 6.07) is 5.01. The van der Waals surface area contributed by atoms with E-state index in [-0.39, 0.29) is 11.7 Å². The molecule has 0 aliphatic rings. The van der Waals surface area contributed by atoms with Gasteiger partial charge in [0.15, 0.2) is 0 Å². The number of nitrogen functional groups attached to an aromatic ring is 1. The number of aryl methyl sites for hydroxylation is 2. The number of benzene rings is 1. The van der Waals surface area contributed by atoms with Crippen molar-refractivity contribution in [3.63, 3.8) is 0 Å². The van der Waals surface area contributed by atoms with Crippen LogP contribution >= 0.6 is 0 Å². The summed E-state index contributed by atoms with van der Waals surface area (Å²) in [6.45, 7) is 3.62. The van der Waals surface area contributed by atoms with Crippen LogP contribution < -0.4 is 5.73 Å². The molecule has 2 rings (SSSR count). The zero-order valence-electron chi connectivity index (χ0n) is 8.54. The molecule has 1 aromatic heterocycles. The van der Waals surface area contributed by atoms with E-state index in [0.29, 0.717) is 16.8 Å². The van der Waals surface area contributed by atoms with Crippen LogP contribution in [0, 0.1) is 19.7 Å². The number of anilines is 1. The highest BCUT2D eigenvalue weighted by atomic mass is 19.1. The molecular formula is C11H11FN2O. The summed E-state index contributed by atoms with van der Waals surface area (Å²) in [6.07, 6.45) is 0. The van der Waals surface area contributed by atoms with Crippen molar-refractivity contribution in [2.75, 3.05) is 5.73 Å². The van der Waals surface area contributed by atoms with Crippen molar-refractivity contribution in [2.45, 2.75) is 13.8 Å². The first-order valence-electron chi connectivity index (χ1n) is 4.57. The third-order valence-electron chi connectivity index (χ3n) is 2.20. The summed E-state index contributed by atoms with van der Waals surface area (Å²) in [5.74, 6) is -0.0996. The van der Waals surface area contributed by atoms with Crippen molar-refractivity contribution in [3.05, 3.63) is 35.1 Å². The van der Waals surface area contributed by atoms with Crippen molar-refractivity contribution in [1.82, 2.24) is 5.16 Å². The van der Waals surface area contributed by atoms with E-state index < -0.39 is 0 Å². The Kier molecular flexibility index (Phi) is 2.19. The smallest absolute Gasteiger partial charge is 0.222 e. The topological polar surface area (TPSA) is 52.0 Å². The summed E-state index contributed by atoms with van der Waals surface area (Å²) in [5, 5.41) is 3.69. The zero-order valence-corrected chi connectivity index (χ0v) is 8.54. The Labute approximate surface area is 86.7 Å². The average Bonchev–Trinajstić information content (AvgIpc) is 2.58. The van der Waals surface area contributed by atoms with E-state index in [2.05, 4.69) is 5.16 Å². The Morgan fingerprint density at radius 2 is 2.00 bits per heavy atom. The molecule has 0 fully saturated rings.